The van der Waals surface area contributed by atoms with Crippen molar-refractivity contribution >= 4 is 11.8 Å². The van der Waals surface area contributed by atoms with Crippen molar-refractivity contribution in [3.05, 3.63) is 6.20 Å². The van der Waals surface area contributed by atoms with Crippen LogP contribution in [0, 0.1) is 0 Å². The molecule has 0 amide bonds. The van der Waals surface area contributed by atoms with Gasteiger partial charge in [-0.3, -0.25) is 0 Å². The Bertz CT molecular complexity index is 374. The molecular formula is C13H24N4O2. The number of hydrogen-bond acceptors (Lipinski definition) is 6. The minimum atomic E-state index is 0.261. The molecular weight excluding hydrogens is 244 g/mol. The van der Waals surface area contributed by atoms with Gasteiger partial charge in [0.05, 0.1) is 12.8 Å². The third-order valence-electron chi connectivity index (χ3n) is 2.76. The lowest BCUT2D eigenvalue weighted by Gasteiger charge is -2.21. The standard InChI is InChI=1S/C13H24N4O2/c1-4-5-6-7-17(2)12-11(19-9-8-18-3)10-15-13(14)16-12/h10H,4-9H2,1-3H3,(H2,14,15,16). The number of anilines is 2. The van der Waals surface area contributed by atoms with Gasteiger partial charge in [0.25, 0.3) is 0 Å². The van der Waals surface area contributed by atoms with Crippen molar-refractivity contribution in [2.45, 2.75) is 26.2 Å². The summed E-state index contributed by atoms with van der Waals surface area (Å²) in [6.07, 6.45) is 5.12. The van der Waals surface area contributed by atoms with Crippen LogP contribution in [0.2, 0.25) is 0 Å². The Morgan fingerprint density at radius 3 is 2.79 bits per heavy atom. The fourth-order valence-corrected chi connectivity index (χ4v) is 1.69. The Labute approximate surface area is 114 Å². The summed E-state index contributed by atoms with van der Waals surface area (Å²) in [7, 11) is 3.63. The fourth-order valence-electron chi connectivity index (χ4n) is 1.69. The second-order valence-electron chi connectivity index (χ2n) is 4.39. The predicted octanol–water partition coefficient (Wildman–Crippen LogP) is 1.71. The minimum Gasteiger partial charge on any atom is -0.486 e. The summed E-state index contributed by atoms with van der Waals surface area (Å²) in [5, 5.41) is 0. The van der Waals surface area contributed by atoms with Gasteiger partial charge in [0.15, 0.2) is 11.6 Å². The molecule has 0 bridgehead atoms. The highest BCUT2D eigenvalue weighted by Gasteiger charge is 2.12. The number of unbranched alkanes of at least 4 members (excludes halogenated alkanes) is 2. The van der Waals surface area contributed by atoms with Gasteiger partial charge in [0, 0.05) is 20.7 Å². The second-order valence-corrected chi connectivity index (χ2v) is 4.39. The zero-order valence-electron chi connectivity index (χ0n) is 12.1. The maximum atomic E-state index is 5.65. The monoisotopic (exact) mass is 268 g/mol. The van der Waals surface area contributed by atoms with Crippen molar-refractivity contribution in [1.29, 1.82) is 0 Å². The van der Waals surface area contributed by atoms with Crippen LogP contribution in [-0.4, -0.2) is 43.9 Å². The average molecular weight is 268 g/mol. The van der Waals surface area contributed by atoms with Crippen molar-refractivity contribution in [1.82, 2.24) is 9.97 Å². The molecule has 6 nitrogen and oxygen atoms in total. The van der Waals surface area contributed by atoms with Crippen LogP contribution in [0.15, 0.2) is 6.20 Å². The number of nitrogens with two attached hydrogens (primary N) is 1. The van der Waals surface area contributed by atoms with Crippen LogP contribution in [0.25, 0.3) is 0 Å². The molecule has 0 aromatic carbocycles. The maximum Gasteiger partial charge on any atom is 0.222 e. The summed E-state index contributed by atoms with van der Waals surface area (Å²) in [6.45, 7) is 4.11. The third-order valence-corrected chi connectivity index (χ3v) is 2.76. The summed E-state index contributed by atoms with van der Waals surface area (Å²) in [6, 6.07) is 0. The van der Waals surface area contributed by atoms with Gasteiger partial charge in [0.2, 0.25) is 5.95 Å². The third kappa shape index (κ3) is 5.30. The summed E-state index contributed by atoms with van der Waals surface area (Å²) < 4.78 is 10.6. The molecule has 19 heavy (non-hydrogen) atoms. The van der Waals surface area contributed by atoms with Gasteiger partial charge in [0.1, 0.15) is 6.61 Å². The molecule has 0 spiro atoms. The van der Waals surface area contributed by atoms with Gasteiger partial charge in [-0.15, -0.1) is 0 Å². The highest BCUT2D eigenvalue weighted by atomic mass is 16.5. The minimum absolute atomic E-state index is 0.261. The van der Waals surface area contributed by atoms with Crippen molar-refractivity contribution in [2.24, 2.45) is 0 Å². The van der Waals surface area contributed by atoms with E-state index in [1.54, 1.807) is 13.3 Å². The van der Waals surface area contributed by atoms with Crippen LogP contribution in [0.3, 0.4) is 0 Å². The number of nitrogen functional groups attached to an aromatic ring is 1. The lowest BCUT2D eigenvalue weighted by atomic mass is 10.2. The van der Waals surface area contributed by atoms with E-state index >= 15 is 0 Å². The zero-order chi connectivity index (χ0) is 14.1. The molecule has 0 fully saturated rings. The molecule has 0 unspecified atom stereocenters. The number of nitrogens with zero attached hydrogens (tertiary/aromatic N) is 3. The van der Waals surface area contributed by atoms with Crippen LogP contribution >= 0.6 is 0 Å². The Balaban J connectivity index is 2.69. The first-order chi connectivity index (χ1) is 9.19. The van der Waals surface area contributed by atoms with E-state index in [1.807, 2.05) is 7.05 Å². The highest BCUT2D eigenvalue weighted by molar-refractivity contribution is 5.52. The summed E-state index contributed by atoms with van der Waals surface area (Å²) >= 11 is 0. The summed E-state index contributed by atoms with van der Waals surface area (Å²) in [5.41, 5.74) is 5.65. The molecule has 1 rings (SSSR count). The smallest absolute Gasteiger partial charge is 0.222 e. The first kappa shape index (κ1) is 15.5. The molecule has 0 atom stereocenters. The molecule has 0 aliphatic rings. The Morgan fingerprint density at radius 1 is 1.32 bits per heavy atom. The number of hydrogen-bond donors (Lipinski definition) is 1. The maximum absolute atomic E-state index is 5.65. The second kappa shape index (κ2) is 8.53. The summed E-state index contributed by atoms with van der Waals surface area (Å²) in [4.78, 5) is 10.3. The van der Waals surface area contributed by atoms with Crippen LogP contribution in [0.5, 0.6) is 5.75 Å². The van der Waals surface area contributed by atoms with E-state index in [4.69, 9.17) is 15.2 Å². The predicted molar refractivity (Wildman–Crippen MR) is 76.6 cm³/mol. The van der Waals surface area contributed by atoms with Crippen LogP contribution in [-0.2, 0) is 4.74 Å². The molecule has 1 aromatic heterocycles. The molecule has 0 saturated carbocycles. The van der Waals surface area contributed by atoms with E-state index in [1.165, 1.54) is 12.8 Å². The first-order valence-electron chi connectivity index (χ1n) is 6.64. The van der Waals surface area contributed by atoms with Gasteiger partial charge in [-0.1, -0.05) is 19.8 Å². The molecule has 1 aromatic rings. The number of ether oxygens (including phenoxy) is 2. The van der Waals surface area contributed by atoms with E-state index in [9.17, 15) is 0 Å². The normalized spacial score (nSPS) is 10.5. The molecule has 0 radical (unpaired) electrons. The Kier molecular flexibility index (Phi) is 6.95. The molecule has 0 aliphatic carbocycles. The largest absolute Gasteiger partial charge is 0.486 e. The summed E-state index contributed by atoms with van der Waals surface area (Å²) in [5.74, 6) is 1.64. The van der Waals surface area contributed by atoms with Gasteiger partial charge in [-0.05, 0) is 6.42 Å². The van der Waals surface area contributed by atoms with Crippen molar-refractivity contribution in [3.8, 4) is 5.75 Å². The van der Waals surface area contributed by atoms with E-state index in [-0.39, 0.29) is 5.95 Å². The molecule has 0 aliphatic heterocycles. The molecule has 0 saturated heterocycles. The Morgan fingerprint density at radius 2 is 2.11 bits per heavy atom. The van der Waals surface area contributed by atoms with Crippen LogP contribution in [0.1, 0.15) is 26.2 Å². The molecule has 1 heterocycles. The topological polar surface area (TPSA) is 73.5 Å². The number of rotatable bonds is 9. The first-order valence-corrected chi connectivity index (χ1v) is 6.64. The van der Waals surface area contributed by atoms with E-state index in [0.717, 1.165) is 18.8 Å². The van der Waals surface area contributed by atoms with E-state index in [2.05, 4.69) is 21.8 Å². The Hall–Kier alpha value is -1.56. The van der Waals surface area contributed by atoms with Crippen LogP contribution in [0.4, 0.5) is 11.8 Å². The molecule has 6 heteroatoms. The number of methoxy groups -OCH3 is 1. The zero-order valence-corrected chi connectivity index (χ0v) is 12.1. The van der Waals surface area contributed by atoms with Crippen molar-refractivity contribution in [2.75, 3.05) is 44.5 Å². The van der Waals surface area contributed by atoms with Crippen molar-refractivity contribution in [3.63, 3.8) is 0 Å². The fraction of sp³-hybridized carbons (Fsp3) is 0.692. The van der Waals surface area contributed by atoms with E-state index in [0.29, 0.717) is 19.0 Å². The molecule has 108 valence electrons. The van der Waals surface area contributed by atoms with Crippen molar-refractivity contribution < 1.29 is 9.47 Å². The SMILES string of the molecule is CCCCCN(C)c1nc(N)ncc1OCCOC. The lowest BCUT2D eigenvalue weighted by Crippen LogP contribution is -2.22. The van der Waals surface area contributed by atoms with Gasteiger partial charge >= 0.3 is 0 Å². The number of aromatic nitrogens is 2. The highest BCUT2D eigenvalue weighted by Crippen LogP contribution is 2.25. The average Bonchev–Trinajstić information content (AvgIpc) is 2.40. The van der Waals surface area contributed by atoms with Gasteiger partial charge in [-0.25, -0.2) is 4.98 Å². The van der Waals surface area contributed by atoms with Gasteiger partial charge in [-0.2, -0.15) is 4.98 Å². The quantitative estimate of drug-likeness (QED) is 0.687. The van der Waals surface area contributed by atoms with E-state index < -0.39 is 0 Å². The lowest BCUT2D eigenvalue weighted by molar-refractivity contribution is 0.146. The molecule has 2 N–H and O–H groups in total. The van der Waals surface area contributed by atoms with Crippen LogP contribution < -0.4 is 15.4 Å². The van der Waals surface area contributed by atoms with Gasteiger partial charge < -0.3 is 20.1 Å².